The predicted molar refractivity (Wildman–Crippen MR) is 180 cm³/mol. The number of carbonyl (C=O) groups excluding carboxylic acids is 5. The fourth-order valence-corrected chi connectivity index (χ4v) is 6.94. The van der Waals surface area contributed by atoms with Crippen LogP contribution in [-0.2, 0) is 44.7 Å². The number of thioether (sulfide) groups is 1. The number of aliphatic hydroxyl groups excluding tert-OH is 2. The van der Waals surface area contributed by atoms with Crippen LogP contribution in [0.3, 0.4) is 0 Å². The van der Waals surface area contributed by atoms with Gasteiger partial charge in [0.2, 0.25) is 11.8 Å². The number of halogens is 3. The molecule has 3 heterocycles. The second-order valence-corrected chi connectivity index (χ2v) is 13.7. The molecule has 3 saturated heterocycles. The van der Waals surface area contributed by atoms with Crippen LogP contribution in [-0.4, -0.2) is 163 Å². The highest BCUT2D eigenvalue weighted by atomic mass is 32.2. The standard InChI is InChI=1S/C33H45F3N4O12S/c1-20(41)19-53-25-16-26(42)40(30(25)45)18-21-3-2-4-22(15-21)51-14-13-50-12-11-49-10-9-48-8-6-37-32(47)38-17-24-28(43)29(44)27-23(52-24)5-7-39(27)31(46)33(34,35)36/h2-4,15,23-25,27-29,43-44H,5-14,16-19H2,1H3,(H2,37,38,47)/t23-,24+,25?,27+,28-,29+/m0/s1. The second-order valence-electron chi connectivity index (χ2n) is 12.5. The van der Waals surface area contributed by atoms with Gasteiger partial charge in [0, 0.05) is 26.1 Å². The Hall–Kier alpha value is -3.53. The number of carbonyl (C=O) groups is 5. The molecule has 1 aromatic rings. The van der Waals surface area contributed by atoms with Crippen LogP contribution in [0.4, 0.5) is 18.0 Å². The molecule has 1 aromatic carbocycles. The highest BCUT2D eigenvalue weighted by Gasteiger charge is 2.55. The third-order valence-electron chi connectivity index (χ3n) is 8.49. The molecule has 4 rings (SSSR count). The number of fused-ring (bicyclic) bond motifs is 1. The number of alkyl halides is 3. The maximum atomic E-state index is 12.9. The molecule has 53 heavy (non-hydrogen) atoms. The zero-order valence-electron chi connectivity index (χ0n) is 29.1. The van der Waals surface area contributed by atoms with Crippen molar-refractivity contribution >= 4 is 41.3 Å². The summed E-state index contributed by atoms with van der Waals surface area (Å²) < 4.78 is 66.4. The fraction of sp³-hybridized carbons (Fsp3) is 0.667. The summed E-state index contributed by atoms with van der Waals surface area (Å²) in [7, 11) is 0. The number of amides is 5. The number of ketones is 1. The summed E-state index contributed by atoms with van der Waals surface area (Å²) in [6.07, 6.45) is -10.3. The van der Waals surface area contributed by atoms with Crippen molar-refractivity contribution in [3.8, 4) is 5.75 Å². The third-order valence-corrected chi connectivity index (χ3v) is 9.84. The normalized spacial score (nSPS) is 24.3. The van der Waals surface area contributed by atoms with E-state index in [1.807, 2.05) is 0 Å². The Morgan fingerprint density at radius 1 is 0.981 bits per heavy atom. The van der Waals surface area contributed by atoms with E-state index in [9.17, 15) is 47.4 Å². The lowest BCUT2D eigenvalue weighted by atomic mass is 9.93. The third kappa shape index (κ3) is 12.5. The molecule has 6 atom stereocenters. The molecule has 5 amide bonds. The first-order valence-electron chi connectivity index (χ1n) is 17.1. The van der Waals surface area contributed by atoms with Gasteiger partial charge in [-0.05, 0) is 31.0 Å². The molecule has 3 aliphatic rings. The molecule has 0 saturated carbocycles. The summed E-state index contributed by atoms with van der Waals surface area (Å²) in [5.41, 5.74) is 0.735. The van der Waals surface area contributed by atoms with Crippen molar-refractivity contribution in [2.45, 2.75) is 68.2 Å². The van der Waals surface area contributed by atoms with Gasteiger partial charge in [0.1, 0.15) is 36.5 Å². The lowest BCUT2D eigenvalue weighted by Crippen LogP contribution is -2.63. The molecule has 0 bridgehead atoms. The van der Waals surface area contributed by atoms with Gasteiger partial charge in [-0.25, -0.2) is 4.79 Å². The van der Waals surface area contributed by atoms with Crippen LogP contribution in [0.2, 0.25) is 0 Å². The van der Waals surface area contributed by atoms with Crippen molar-refractivity contribution in [1.29, 1.82) is 0 Å². The van der Waals surface area contributed by atoms with Crippen molar-refractivity contribution in [3.63, 3.8) is 0 Å². The zero-order chi connectivity index (χ0) is 38.5. The lowest BCUT2D eigenvalue weighted by Gasteiger charge is -2.42. The fourth-order valence-electron chi connectivity index (χ4n) is 5.97. The number of likely N-dealkylation sites (tertiary alicyclic amines) is 2. The maximum Gasteiger partial charge on any atom is 0.471 e. The molecule has 16 nitrogen and oxygen atoms in total. The number of nitrogens with one attached hydrogen (secondary N) is 2. The van der Waals surface area contributed by atoms with Gasteiger partial charge in [0.15, 0.2) is 0 Å². The molecule has 0 aromatic heterocycles. The summed E-state index contributed by atoms with van der Waals surface area (Å²) in [4.78, 5) is 61.7. The van der Waals surface area contributed by atoms with Crippen molar-refractivity contribution in [2.75, 3.05) is 71.6 Å². The molecule has 0 radical (unpaired) electrons. The van der Waals surface area contributed by atoms with Gasteiger partial charge in [-0.3, -0.25) is 24.1 Å². The minimum atomic E-state index is -5.12. The highest BCUT2D eigenvalue weighted by Crippen LogP contribution is 2.35. The smallest absolute Gasteiger partial charge is 0.471 e. The van der Waals surface area contributed by atoms with E-state index >= 15 is 0 Å². The monoisotopic (exact) mass is 778 g/mol. The van der Waals surface area contributed by atoms with Crippen LogP contribution in [0.5, 0.6) is 5.75 Å². The Labute approximate surface area is 307 Å². The minimum absolute atomic E-state index is 0.0438. The number of hydrogen-bond donors (Lipinski definition) is 4. The van der Waals surface area contributed by atoms with Gasteiger partial charge >= 0.3 is 18.1 Å². The van der Waals surface area contributed by atoms with Crippen molar-refractivity contribution in [3.05, 3.63) is 29.8 Å². The van der Waals surface area contributed by atoms with Crippen LogP contribution >= 0.6 is 11.8 Å². The first-order valence-corrected chi connectivity index (χ1v) is 18.1. The Morgan fingerprint density at radius 3 is 2.34 bits per heavy atom. The molecular weight excluding hydrogens is 733 g/mol. The summed E-state index contributed by atoms with van der Waals surface area (Å²) in [5, 5.41) is 25.3. The van der Waals surface area contributed by atoms with E-state index in [2.05, 4.69) is 10.6 Å². The van der Waals surface area contributed by atoms with Gasteiger partial charge in [0.05, 0.1) is 69.3 Å². The van der Waals surface area contributed by atoms with Crippen LogP contribution in [0.25, 0.3) is 0 Å². The van der Waals surface area contributed by atoms with Crippen molar-refractivity contribution in [1.82, 2.24) is 20.4 Å². The topological polar surface area (TPSA) is 202 Å². The van der Waals surface area contributed by atoms with E-state index in [-0.39, 0.29) is 88.8 Å². The van der Waals surface area contributed by atoms with E-state index in [4.69, 9.17) is 23.7 Å². The largest absolute Gasteiger partial charge is 0.491 e. The number of imide groups is 1. The molecule has 4 N–H and O–H groups in total. The molecule has 1 unspecified atom stereocenters. The number of nitrogens with zero attached hydrogens (tertiary/aromatic N) is 2. The number of hydrogen-bond acceptors (Lipinski definition) is 13. The van der Waals surface area contributed by atoms with Gasteiger partial charge in [0.25, 0.3) is 0 Å². The zero-order valence-corrected chi connectivity index (χ0v) is 29.9. The Morgan fingerprint density at radius 2 is 1.66 bits per heavy atom. The van der Waals surface area contributed by atoms with E-state index in [0.717, 1.165) is 5.56 Å². The molecule has 20 heteroatoms. The van der Waals surface area contributed by atoms with Crippen LogP contribution in [0, 0.1) is 0 Å². The van der Waals surface area contributed by atoms with Gasteiger partial charge < -0.3 is 49.4 Å². The number of benzene rings is 1. The Kier molecular flexibility index (Phi) is 16.1. The minimum Gasteiger partial charge on any atom is -0.491 e. The van der Waals surface area contributed by atoms with Crippen LogP contribution < -0.4 is 15.4 Å². The number of ether oxygens (including phenoxy) is 5. The summed E-state index contributed by atoms with van der Waals surface area (Å²) in [5.74, 6) is -1.96. The lowest BCUT2D eigenvalue weighted by molar-refractivity contribution is -0.207. The molecule has 3 fully saturated rings. The first kappa shape index (κ1) is 42.2. The average molecular weight is 779 g/mol. The van der Waals surface area contributed by atoms with Crippen molar-refractivity contribution < 1.29 is 71.0 Å². The quantitative estimate of drug-likeness (QED) is 0.102. The van der Waals surface area contributed by atoms with E-state index < -0.39 is 53.8 Å². The second kappa shape index (κ2) is 20.2. The maximum absolute atomic E-state index is 12.9. The molecule has 296 valence electrons. The van der Waals surface area contributed by atoms with E-state index in [1.165, 1.54) is 23.6 Å². The summed E-state index contributed by atoms with van der Waals surface area (Å²) in [6.45, 7) is 3.09. The van der Waals surface area contributed by atoms with Gasteiger partial charge in [-0.1, -0.05) is 12.1 Å². The van der Waals surface area contributed by atoms with E-state index in [1.54, 1.807) is 24.3 Å². The number of urea groups is 1. The average Bonchev–Trinajstić information content (AvgIpc) is 3.65. The molecule has 3 aliphatic heterocycles. The number of Topliss-reactive ketones (excluding diaryl/α,β-unsaturated/α-hetero) is 1. The molecular formula is C33H45F3N4O12S. The van der Waals surface area contributed by atoms with Crippen LogP contribution in [0.15, 0.2) is 24.3 Å². The summed E-state index contributed by atoms with van der Waals surface area (Å²) >= 11 is 1.19. The number of aliphatic hydroxyl groups is 2. The van der Waals surface area contributed by atoms with Gasteiger partial charge in [-0.2, -0.15) is 13.2 Å². The Bertz CT molecular complexity index is 1430. The molecule has 0 spiro atoms. The SMILES string of the molecule is CC(=O)CSC1CC(=O)N(Cc2cccc(OCCOCCOCCOCCNC(=O)NC[C@H]3O[C@H]4CCN(C(=O)C(F)(F)F)[C@H]4[C@@H](O)[C@H]3O)c2)C1=O. The van der Waals surface area contributed by atoms with E-state index in [0.29, 0.717) is 30.5 Å². The Balaban J connectivity index is 0.976. The van der Waals surface area contributed by atoms with Gasteiger partial charge in [-0.15, -0.1) is 11.8 Å². The van der Waals surface area contributed by atoms with Crippen LogP contribution in [0.1, 0.15) is 25.3 Å². The summed E-state index contributed by atoms with van der Waals surface area (Å²) in [6, 6.07) is 5.12. The van der Waals surface area contributed by atoms with Crippen molar-refractivity contribution in [2.24, 2.45) is 0 Å². The number of rotatable bonds is 20. The predicted octanol–water partition coefficient (Wildman–Crippen LogP) is 0.0165. The first-order chi connectivity index (χ1) is 25.3. The molecule has 0 aliphatic carbocycles. The highest BCUT2D eigenvalue weighted by molar-refractivity contribution is 8.01.